The molecule has 0 radical (unpaired) electrons. The van der Waals surface area contributed by atoms with Crippen LogP contribution in [-0.4, -0.2) is 34.0 Å². The minimum absolute atomic E-state index is 0.0761. The monoisotopic (exact) mass is 370 g/mol. The lowest BCUT2D eigenvalue weighted by Gasteiger charge is -2.12. The molecular formula is C18H18N4O5. The molecule has 9 heteroatoms. The number of nitrogens with one attached hydrogen (secondary N) is 1. The topological polar surface area (TPSA) is 137 Å². The van der Waals surface area contributed by atoms with Crippen molar-refractivity contribution >= 4 is 12.1 Å². The zero-order valence-corrected chi connectivity index (χ0v) is 14.8. The number of ether oxygens (including phenoxy) is 1. The fourth-order valence-corrected chi connectivity index (χ4v) is 2.41. The second-order valence-electron chi connectivity index (χ2n) is 5.66. The third-order valence-corrected chi connectivity index (χ3v) is 3.71. The van der Waals surface area contributed by atoms with E-state index < -0.39 is 11.5 Å². The molecule has 0 spiro atoms. The molecule has 0 bridgehead atoms. The lowest BCUT2D eigenvalue weighted by molar-refractivity contribution is -0.121. The van der Waals surface area contributed by atoms with Crippen molar-refractivity contribution in [3.05, 3.63) is 57.0 Å². The highest BCUT2D eigenvalue weighted by Crippen LogP contribution is 2.20. The Morgan fingerprint density at radius 3 is 2.78 bits per heavy atom. The third kappa shape index (κ3) is 4.71. The maximum atomic E-state index is 12.4. The Morgan fingerprint density at radius 1 is 1.41 bits per heavy atom. The summed E-state index contributed by atoms with van der Waals surface area (Å²) in [5, 5.41) is 31.8. The van der Waals surface area contributed by atoms with Gasteiger partial charge in [0, 0.05) is 30.0 Å². The molecular weight excluding hydrogens is 352 g/mol. The van der Waals surface area contributed by atoms with Crippen LogP contribution < -0.4 is 11.0 Å². The van der Waals surface area contributed by atoms with Crippen LogP contribution in [0.5, 0.6) is 11.5 Å². The number of hydrogen-bond donors (Lipinski definition) is 3. The Balaban J connectivity index is 2.15. The highest BCUT2D eigenvalue weighted by atomic mass is 16.5. The van der Waals surface area contributed by atoms with Crippen LogP contribution >= 0.6 is 0 Å². The maximum Gasteiger partial charge on any atom is 0.269 e. The SMILES string of the molecule is COCc1cc(C)n(CC(=O)N/N=C\c2ccc(O)cc2O)c(=O)c1C#N. The van der Waals surface area contributed by atoms with E-state index in [9.17, 15) is 25.1 Å². The Hall–Kier alpha value is -3.64. The van der Waals surface area contributed by atoms with Crippen molar-refractivity contribution in [1.82, 2.24) is 9.99 Å². The normalized spacial score (nSPS) is 10.7. The van der Waals surface area contributed by atoms with E-state index in [1.807, 2.05) is 6.07 Å². The standard InChI is InChI=1S/C18H18N4O5/c1-11-5-13(10-27-2)15(7-19)18(26)22(11)9-17(25)21-20-8-12-3-4-14(23)6-16(12)24/h3-6,8,23-24H,9-10H2,1-2H3,(H,21,25)/b20-8-. The number of carbonyl (C=O) groups excluding carboxylic acids is 1. The summed E-state index contributed by atoms with van der Waals surface area (Å²) in [6.07, 6.45) is 1.20. The first-order valence-corrected chi connectivity index (χ1v) is 7.83. The minimum Gasteiger partial charge on any atom is -0.508 e. The fraction of sp³-hybridized carbons (Fsp3) is 0.222. The number of phenols is 2. The second-order valence-corrected chi connectivity index (χ2v) is 5.66. The second kappa shape index (κ2) is 8.64. The van der Waals surface area contributed by atoms with Crippen molar-refractivity contribution in [2.75, 3.05) is 7.11 Å². The number of carbonyl (C=O) groups is 1. The average Bonchev–Trinajstić information content (AvgIpc) is 2.61. The molecule has 0 saturated carbocycles. The first kappa shape index (κ1) is 19.7. The van der Waals surface area contributed by atoms with Gasteiger partial charge in [-0.3, -0.25) is 9.59 Å². The molecule has 9 nitrogen and oxygen atoms in total. The van der Waals surface area contributed by atoms with E-state index in [1.54, 1.807) is 13.0 Å². The fourth-order valence-electron chi connectivity index (χ4n) is 2.41. The zero-order valence-electron chi connectivity index (χ0n) is 14.8. The summed E-state index contributed by atoms with van der Waals surface area (Å²) in [7, 11) is 1.46. The Morgan fingerprint density at radius 2 is 2.15 bits per heavy atom. The number of aromatic hydroxyl groups is 2. The molecule has 0 unspecified atom stereocenters. The number of pyridine rings is 1. The lowest BCUT2D eigenvalue weighted by atomic mass is 10.1. The molecule has 0 saturated heterocycles. The van der Waals surface area contributed by atoms with Crippen LogP contribution in [0.2, 0.25) is 0 Å². The molecule has 1 heterocycles. The first-order valence-electron chi connectivity index (χ1n) is 7.83. The number of methoxy groups -OCH3 is 1. The average molecular weight is 370 g/mol. The predicted molar refractivity (Wildman–Crippen MR) is 96.4 cm³/mol. The smallest absolute Gasteiger partial charge is 0.269 e. The predicted octanol–water partition coefficient (Wildman–Crippen LogP) is 0.736. The zero-order chi connectivity index (χ0) is 20.0. The minimum atomic E-state index is -0.585. The number of benzene rings is 1. The first-order chi connectivity index (χ1) is 12.9. The van der Waals surface area contributed by atoms with Crippen LogP contribution in [0.1, 0.15) is 22.4 Å². The molecule has 0 fully saturated rings. The van der Waals surface area contributed by atoms with Crippen LogP contribution in [-0.2, 0) is 22.7 Å². The highest BCUT2D eigenvalue weighted by molar-refractivity contribution is 5.85. The van der Waals surface area contributed by atoms with E-state index in [4.69, 9.17) is 4.74 Å². The summed E-state index contributed by atoms with van der Waals surface area (Å²) < 4.78 is 6.15. The largest absolute Gasteiger partial charge is 0.508 e. The Bertz CT molecular complexity index is 988. The number of phenolic OH excluding ortho intramolecular Hbond substituents is 2. The van der Waals surface area contributed by atoms with Gasteiger partial charge in [0.05, 0.1) is 12.8 Å². The third-order valence-electron chi connectivity index (χ3n) is 3.71. The molecule has 0 aliphatic rings. The van der Waals surface area contributed by atoms with Crippen molar-refractivity contribution in [2.24, 2.45) is 5.10 Å². The van der Waals surface area contributed by atoms with Crippen LogP contribution in [0.15, 0.2) is 34.2 Å². The molecule has 0 aliphatic carbocycles. The number of rotatable bonds is 6. The van der Waals surface area contributed by atoms with Gasteiger partial charge in [-0.25, -0.2) is 5.43 Å². The quantitative estimate of drug-likeness (QED) is 0.506. The molecule has 1 aromatic carbocycles. The van der Waals surface area contributed by atoms with Crippen LogP contribution in [0.25, 0.3) is 0 Å². The van der Waals surface area contributed by atoms with Gasteiger partial charge in [0.25, 0.3) is 11.5 Å². The van der Waals surface area contributed by atoms with Gasteiger partial charge in [-0.05, 0) is 25.1 Å². The molecule has 2 rings (SSSR count). The number of hydrogen-bond acceptors (Lipinski definition) is 7. The Kier molecular flexibility index (Phi) is 6.30. The molecule has 27 heavy (non-hydrogen) atoms. The van der Waals surface area contributed by atoms with Gasteiger partial charge < -0.3 is 19.5 Å². The van der Waals surface area contributed by atoms with Crippen LogP contribution in [0.4, 0.5) is 0 Å². The molecule has 140 valence electrons. The van der Waals surface area contributed by atoms with Crippen molar-refractivity contribution < 1.29 is 19.7 Å². The summed E-state index contributed by atoms with van der Waals surface area (Å²) in [6, 6.07) is 7.37. The lowest BCUT2D eigenvalue weighted by Crippen LogP contribution is -2.33. The summed E-state index contributed by atoms with van der Waals surface area (Å²) in [4.78, 5) is 24.5. The van der Waals surface area contributed by atoms with E-state index in [0.29, 0.717) is 11.3 Å². The molecule has 3 N–H and O–H groups in total. The van der Waals surface area contributed by atoms with E-state index >= 15 is 0 Å². The van der Waals surface area contributed by atoms with Gasteiger partial charge in [-0.15, -0.1) is 0 Å². The molecule has 2 aromatic rings. The van der Waals surface area contributed by atoms with Crippen molar-refractivity contribution in [1.29, 1.82) is 5.26 Å². The molecule has 0 atom stereocenters. The highest BCUT2D eigenvalue weighted by Gasteiger charge is 2.14. The van der Waals surface area contributed by atoms with Gasteiger partial charge in [0.15, 0.2) is 0 Å². The summed E-state index contributed by atoms with van der Waals surface area (Å²) in [5.74, 6) is -0.890. The summed E-state index contributed by atoms with van der Waals surface area (Å²) >= 11 is 0. The Labute approximate surface area is 154 Å². The summed E-state index contributed by atoms with van der Waals surface area (Å²) in [5.41, 5.74) is 2.83. The number of aryl methyl sites for hydroxylation is 1. The molecule has 1 amide bonds. The van der Waals surface area contributed by atoms with Gasteiger partial charge in [-0.2, -0.15) is 10.4 Å². The van der Waals surface area contributed by atoms with Crippen molar-refractivity contribution in [2.45, 2.75) is 20.1 Å². The van der Waals surface area contributed by atoms with E-state index in [0.717, 1.165) is 6.07 Å². The van der Waals surface area contributed by atoms with E-state index in [2.05, 4.69) is 10.5 Å². The van der Waals surface area contributed by atoms with E-state index in [-0.39, 0.29) is 35.8 Å². The number of hydrazone groups is 1. The number of nitrogens with zero attached hydrogens (tertiary/aromatic N) is 3. The maximum absolute atomic E-state index is 12.4. The number of amides is 1. The van der Waals surface area contributed by atoms with Crippen molar-refractivity contribution in [3.63, 3.8) is 0 Å². The molecule has 1 aromatic heterocycles. The number of nitriles is 1. The van der Waals surface area contributed by atoms with Gasteiger partial charge >= 0.3 is 0 Å². The van der Waals surface area contributed by atoms with Crippen LogP contribution in [0, 0.1) is 18.3 Å². The molecule has 0 aliphatic heterocycles. The number of aromatic nitrogens is 1. The van der Waals surface area contributed by atoms with E-state index in [1.165, 1.54) is 30.0 Å². The van der Waals surface area contributed by atoms with Gasteiger partial charge in [0.2, 0.25) is 0 Å². The van der Waals surface area contributed by atoms with Gasteiger partial charge in [-0.1, -0.05) is 0 Å². The van der Waals surface area contributed by atoms with Crippen molar-refractivity contribution in [3.8, 4) is 17.6 Å². The van der Waals surface area contributed by atoms with Crippen LogP contribution in [0.3, 0.4) is 0 Å². The van der Waals surface area contributed by atoms with Gasteiger partial charge in [0.1, 0.15) is 29.7 Å². The summed E-state index contributed by atoms with van der Waals surface area (Å²) in [6.45, 7) is 1.44.